The molecule has 6 aromatic rings. The molecule has 206 valence electrons. The van der Waals surface area contributed by atoms with E-state index in [4.69, 9.17) is 0 Å². The highest BCUT2D eigenvalue weighted by Gasteiger charge is 2.64. The molecule has 43 heavy (non-hydrogen) atoms. The van der Waals surface area contributed by atoms with E-state index >= 15 is 0 Å². The molecule has 1 saturated carbocycles. The van der Waals surface area contributed by atoms with E-state index in [2.05, 4.69) is 194 Å². The lowest BCUT2D eigenvalue weighted by Gasteiger charge is -2.20. The molecule has 2 atom stereocenters. The number of hydrogen-bond donors (Lipinski definition) is 0. The van der Waals surface area contributed by atoms with Crippen molar-refractivity contribution >= 4 is 11.1 Å². The van der Waals surface area contributed by atoms with Crippen LogP contribution in [0.4, 0.5) is 0 Å². The summed E-state index contributed by atoms with van der Waals surface area (Å²) in [6.07, 6.45) is 5.11. The fourth-order valence-electron chi connectivity index (χ4n) is 6.83. The van der Waals surface area contributed by atoms with Crippen molar-refractivity contribution in [2.75, 3.05) is 0 Å². The van der Waals surface area contributed by atoms with E-state index in [1.54, 1.807) is 0 Å². The number of hydrogen-bond acceptors (Lipinski definition) is 0. The van der Waals surface area contributed by atoms with Gasteiger partial charge in [0.2, 0.25) is 0 Å². The van der Waals surface area contributed by atoms with E-state index in [-0.39, 0.29) is 17.3 Å². The molecule has 0 bridgehead atoms. The van der Waals surface area contributed by atoms with Crippen molar-refractivity contribution in [1.29, 1.82) is 0 Å². The van der Waals surface area contributed by atoms with Gasteiger partial charge in [-0.15, -0.1) is 0 Å². The van der Waals surface area contributed by atoms with Crippen molar-refractivity contribution in [2.45, 2.75) is 5.41 Å². The van der Waals surface area contributed by atoms with E-state index in [0.717, 1.165) is 0 Å². The Hall–Kier alpha value is -5.20. The van der Waals surface area contributed by atoms with Gasteiger partial charge >= 0.3 is 0 Å². The van der Waals surface area contributed by atoms with Gasteiger partial charge in [-0.3, -0.25) is 0 Å². The molecule has 0 unspecified atom stereocenters. The number of allylic oxidation sites excluding steroid dienone is 2. The molecular weight excluding hydrogens is 516 g/mol. The quantitative estimate of drug-likeness (QED) is 0.177. The Kier molecular flexibility index (Phi) is 7.42. The second-order valence-electron chi connectivity index (χ2n) is 11.3. The average Bonchev–Trinajstić information content (AvgIpc) is 3.75. The van der Waals surface area contributed by atoms with Crippen LogP contribution in [0.1, 0.15) is 33.4 Å². The summed E-state index contributed by atoms with van der Waals surface area (Å²) in [7, 11) is 0. The van der Waals surface area contributed by atoms with Crippen molar-refractivity contribution in [2.24, 2.45) is 11.8 Å². The molecule has 7 rings (SSSR count). The molecule has 0 saturated heterocycles. The summed E-state index contributed by atoms with van der Waals surface area (Å²) in [5.41, 5.74) is 10.0. The summed E-state index contributed by atoms with van der Waals surface area (Å²) in [4.78, 5) is 0. The van der Waals surface area contributed by atoms with E-state index in [0.29, 0.717) is 0 Å². The topological polar surface area (TPSA) is 0 Å². The Morgan fingerprint density at radius 1 is 0.326 bits per heavy atom. The van der Waals surface area contributed by atoms with Crippen LogP contribution in [0.25, 0.3) is 11.1 Å². The van der Waals surface area contributed by atoms with Crippen molar-refractivity contribution < 1.29 is 0 Å². The van der Waals surface area contributed by atoms with Gasteiger partial charge in [0.15, 0.2) is 0 Å². The van der Waals surface area contributed by atoms with Gasteiger partial charge in [-0.05, 0) is 56.4 Å². The smallest absolute Gasteiger partial charge is 0.0340 e. The summed E-state index contributed by atoms with van der Waals surface area (Å²) in [5, 5.41) is 0. The van der Waals surface area contributed by atoms with Gasteiger partial charge in [-0.25, -0.2) is 0 Å². The zero-order valence-electron chi connectivity index (χ0n) is 24.1. The van der Waals surface area contributed by atoms with Crippen LogP contribution in [0.5, 0.6) is 0 Å². The first-order chi connectivity index (χ1) is 21.4. The minimum absolute atomic E-state index is 0.202. The maximum atomic E-state index is 2.56. The van der Waals surface area contributed by atoms with Crippen LogP contribution in [0, 0.1) is 11.8 Å². The molecule has 1 aliphatic rings. The Morgan fingerprint density at radius 2 is 0.558 bits per heavy atom. The molecule has 0 aliphatic heterocycles. The minimum Gasteiger partial charge on any atom is -0.0711 e. The summed E-state index contributed by atoms with van der Waals surface area (Å²) in [6.45, 7) is 0. The molecule has 0 aromatic heterocycles. The van der Waals surface area contributed by atoms with Crippen molar-refractivity contribution in [3.05, 3.63) is 228 Å². The first-order valence-electron chi connectivity index (χ1n) is 15.1. The lowest BCUT2D eigenvalue weighted by molar-refractivity contribution is 0.768. The Balaban J connectivity index is 1.49. The van der Waals surface area contributed by atoms with Crippen LogP contribution in [-0.4, -0.2) is 0 Å². The molecule has 0 heteroatoms. The predicted octanol–water partition coefficient (Wildman–Crippen LogP) is 10.5. The monoisotopic (exact) mass is 550 g/mol. The van der Waals surface area contributed by atoms with Gasteiger partial charge in [0.1, 0.15) is 0 Å². The molecule has 0 heterocycles. The highest BCUT2D eigenvalue weighted by Crippen LogP contribution is 2.66. The standard InChI is InChI=1S/C43H34/c1-7-19-33(20-8-1)39(34-21-9-2-10-22-34)31-41-42(32-40(35-23-11-3-12-24-35)36-25-13-4-14-26-36)43(41,37-27-15-5-16-28-37)38-29-17-6-18-30-38/h1-32,41-42H/t41-,42-/m0/s1. The molecular formula is C43H34. The van der Waals surface area contributed by atoms with Gasteiger partial charge in [-0.2, -0.15) is 0 Å². The molecule has 0 radical (unpaired) electrons. The summed E-state index contributed by atoms with van der Waals surface area (Å²) in [6, 6.07) is 65.6. The average molecular weight is 551 g/mol. The van der Waals surface area contributed by atoms with Crippen LogP contribution < -0.4 is 0 Å². The molecule has 6 aromatic carbocycles. The van der Waals surface area contributed by atoms with Gasteiger partial charge in [0.25, 0.3) is 0 Å². The number of benzene rings is 6. The third-order valence-corrected chi connectivity index (χ3v) is 8.86. The second-order valence-corrected chi connectivity index (χ2v) is 11.3. The fourth-order valence-corrected chi connectivity index (χ4v) is 6.83. The van der Waals surface area contributed by atoms with Crippen molar-refractivity contribution in [3.63, 3.8) is 0 Å². The second kappa shape index (κ2) is 12.0. The largest absolute Gasteiger partial charge is 0.0711 e. The first kappa shape index (κ1) is 26.7. The normalized spacial score (nSPS) is 16.6. The molecule has 0 N–H and O–H groups in total. The van der Waals surface area contributed by atoms with Crippen LogP contribution in [0.3, 0.4) is 0 Å². The first-order valence-corrected chi connectivity index (χ1v) is 15.1. The lowest BCUT2D eigenvalue weighted by Crippen LogP contribution is -2.14. The van der Waals surface area contributed by atoms with Crippen LogP contribution in [0.2, 0.25) is 0 Å². The van der Waals surface area contributed by atoms with E-state index in [1.807, 2.05) is 0 Å². The van der Waals surface area contributed by atoms with Gasteiger partial charge in [0, 0.05) is 5.41 Å². The molecule has 0 spiro atoms. The molecule has 1 fully saturated rings. The van der Waals surface area contributed by atoms with Gasteiger partial charge in [0.05, 0.1) is 0 Å². The summed E-state index contributed by atoms with van der Waals surface area (Å²) in [5.74, 6) is 0.491. The minimum atomic E-state index is -0.202. The Morgan fingerprint density at radius 3 is 0.814 bits per heavy atom. The molecule has 0 amide bonds. The summed E-state index contributed by atoms with van der Waals surface area (Å²) < 4.78 is 0. The molecule has 1 aliphatic carbocycles. The van der Waals surface area contributed by atoms with Crippen LogP contribution >= 0.6 is 0 Å². The van der Waals surface area contributed by atoms with Crippen LogP contribution in [0.15, 0.2) is 194 Å². The highest BCUT2D eigenvalue weighted by atomic mass is 14.7. The SMILES string of the molecule is C(=C(c1ccccc1)c1ccccc1)[C@H]1[C@H](C=C(c2ccccc2)c2ccccc2)C1(c1ccccc1)c1ccccc1. The zero-order chi connectivity index (χ0) is 28.9. The Labute approximate surface area is 255 Å². The Bertz CT molecular complexity index is 1600. The fraction of sp³-hybridized carbons (Fsp3) is 0.0698. The van der Waals surface area contributed by atoms with Crippen LogP contribution in [-0.2, 0) is 5.41 Å². The van der Waals surface area contributed by atoms with E-state index in [1.165, 1.54) is 44.5 Å². The van der Waals surface area contributed by atoms with Crippen molar-refractivity contribution in [3.8, 4) is 0 Å². The molecule has 0 nitrogen and oxygen atoms in total. The van der Waals surface area contributed by atoms with Gasteiger partial charge in [-0.1, -0.05) is 194 Å². The third kappa shape index (κ3) is 5.18. The summed E-state index contributed by atoms with van der Waals surface area (Å²) >= 11 is 0. The predicted molar refractivity (Wildman–Crippen MR) is 181 cm³/mol. The maximum Gasteiger partial charge on any atom is 0.0340 e. The highest BCUT2D eigenvalue weighted by molar-refractivity contribution is 5.83. The van der Waals surface area contributed by atoms with E-state index < -0.39 is 0 Å². The zero-order valence-corrected chi connectivity index (χ0v) is 24.1. The van der Waals surface area contributed by atoms with E-state index in [9.17, 15) is 0 Å². The number of rotatable bonds is 8. The maximum absolute atomic E-state index is 2.56. The van der Waals surface area contributed by atoms with Crippen molar-refractivity contribution in [1.82, 2.24) is 0 Å². The lowest BCUT2D eigenvalue weighted by atomic mass is 9.83. The third-order valence-electron chi connectivity index (χ3n) is 8.86. The van der Waals surface area contributed by atoms with Gasteiger partial charge < -0.3 is 0 Å².